The first-order valence-corrected chi connectivity index (χ1v) is 15.4. The quantitative estimate of drug-likeness (QED) is 0.0666. The number of hydrogen-bond donors (Lipinski definition) is 0. The zero-order valence-electron chi connectivity index (χ0n) is 23.8. The molecule has 0 radical (unpaired) electrons. The number of esters is 1. The molecule has 202 valence electrons. The minimum Gasteiger partial charge on any atom is -0.462 e. The van der Waals surface area contributed by atoms with E-state index in [1.165, 1.54) is 154 Å². The highest BCUT2D eigenvalue weighted by molar-refractivity contribution is 5.86. The second-order valence-electron chi connectivity index (χ2n) is 10.9. The van der Waals surface area contributed by atoms with Crippen LogP contribution in [0.25, 0.3) is 0 Å². The van der Waals surface area contributed by atoms with Crippen LogP contribution < -0.4 is 0 Å². The molecule has 0 aliphatic carbocycles. The first-order valence-electron chi connectivity index (χ1n) is 15.4. The van der Waals surface area contributed by atoms with E-state index in [0.717, 1.165) is 0 Å². The van der Waals surface area contributed by atoms with Crippen molar-refractivity contribution in [1.82, 2.24) is 0 Å². The Balaban J connectivity index is 3.78. The van der Waals surface area contributed by atoms with E-state index in [9.17, 15) is 4.79 Å². The van der Waals surface area contributed by atoms with E-state index < -0.39 is 0 Å². The predicted molar refractivity (Wildman–Crippen MR) is 151 cm³/mol. The van der Waals surface area contributed by atoms with Gasteiger partial charge in [-0.25, -0.2) is 4.79 Å². The normalized spacial score (nSPS) is 12.1. The summed E-state index contributed by atoms with van der Waals surface area (Å²) >= 11 is 0. The molecule has 34 heavy (non-hydrogen) atoms. The van der Waals surface area contributed by atoms with Gasteiger partial charge in [0, 0.05) is 5.57 Å². The molecule has 0 bridgehead atoms. The summed E-state index contributed by atoms with van der Waals surface area (Å²) in [5.41, 5.74) is 0.516. The first kappa shape index (κ1) is 33.2. The monoisotopic (exact) mass is 478 g/mol. The van der Waals surface area contributed by atoms with Crippen LogP contribution in [0, 0.1) is 5.92 Å². The Labute approximate surface area is 215 Å². The summed E-state index contributed by atoms with van der Waals surface area (Å²) in [6.07, 6.45) is 32.9. The average molecular weight is 479 g/mol. The molecule has 0 saturated carbocycles. The standard InChI is InChI=1S/C32H62O2/c1-5-7-9-11-13-15-16-17-18-19-20-22-24-26-28-31(29-34-32(33)30(3)4)27-25-23-21-14-12-10-8-6-2/h31H,3,5-29H2,1-2,4H3. The van der Waals surface area contributed by atoms with E-state index >= 15 is 0 Å². The Kier molecular flexibility index (Phi) is 26.2. The molecule has 0 N–H and O–H groups in total. The van der Waals surface area contributed by atoms with Crippen molar-refractivity contribution >= 4 is 5.97 Å². The lowest BCUT2D eigenvalue weighted by Gasteiger charge is -2.17. The second kappa shape index (κ2) is 26.8. The Bertz CT molecular complexity index is 442. The summed E-state index contributed by atoms with van der Waals surface area (Å²) in [6.45, 7) is 10.6. The second-order valence-corrected chi connectivity index (χ2v) is 10.9. The highest BCUT2D eigenvalue weighted by Crippen LogP contribution is 2.21. The van der Waals surface area contributed by atoms with E-state index in [1.807, 2.05) is 0 Å². The molecule has 0 spiro atoms. The molecule has 0 aromatic carbocycles. The average Bonchev–Trinajstić information content (AvgIpc) is 2.83. The maximum absolute atomic E-state index is 11.8. The summed E-state index contributed by atoms with van der Waals surface area (Å²) in [4.78, 5) is 11.8. The van der Waals surface area contributed by atoms with Gasteiger partial charge in [0.1, 0.15) is 0 Å². The fourth-order valence-corrected chi connectivity index (χ4v) is 4.82. The fraction of sp³-hybridized carbons (Fsp3) is 0.906. The SMILES string of the molecule is C=C(C)C(=O)OCC(CCCCCCCCCC)CCCCCCCCCCCCCCCC. The number of ether oxygens (including phenoxy) is 1. The van der Waals surface area contributed by atoms with E-state index in [4.69, 9.17) is 4.74 Å². The van der Waals surface area contributed by atoms with Crippen molar-refractivity contribution < 1.29 is 9.53 Å². The third-order valence-electron chi connectivity index (χ3n) is 7.23. The van der Waals surface area contributed by atoms with Gasteiger partial charge in [-0.2, -0.15) is 0 Å². The highest BCUT2D eigenvalue weighted by Gasteiger charge is 2.12. The molecule has 0 heterocycles. The van der Waals surface area contributed by atoms with Crippen LogP contribution in [0.4, 0.5) is 0 Å². The number of rotatable bonds is 27. The van der Waals surface area contributed by atoms with Crippen molar-refractivity contribution in [2.24, 2.45) is 5.92 Å². The maximum Gasteiger partial charge on any atom is 0.333 e. The molecule has 2 heteroatoms. The van der Waals surface area contributed by atoms with E-state index in [0.29, 0.717) is 18.1 Å². The molecule has 0 rings (SSSR count). The zero-order chi connectivity index (χ0) is 25.1. The van der Waals surface area contributed by atoms with Gasteiger partial charge < -0.3 is 4.74 Å². The lowest BCUT2D eigenvalue weighted by molar-refractivity contribution is -0.140. The van der Waals surface area contributed by atoms with Crippen LogP contribution >= 0.6 is 0 Å². The van der Waals surface area contributed by atoms with E-state index in [2.05, 4.69) is 20.4 Å². The Morgan fingerprint density at radius 2 is 0.853 bits per heavy atom. The van der Waals surface area contributed by atoms with Crippen molar-refractivity contribution in [1.29, 1.82) is 0 Å². The summed E-state index contributed by atoms with van der Waals surface area (Å²) in [6, 6.07) is 0. The van der Waals surface area contributed by atoms with Crippen molar-refractivity contribution in [3.05, 3.63) is 12.2 Å². The minimum absolute atomic E-state index is 0.220. The van der Waals surface area contributed by atoms with Crippen LogP contribution in [0.1, 0.15) is 175 Å². The van der Waals surface area contributed by atoms with Crippen molar-refractivity contribution in [2.75, 3.05) is 6.61 Å². The zero-order valence-corrected chi connectivity index (χ0v) is 23.8. The molecule has 1 atom stereocenters. The van der Waals surface area contributed by atoms with Gasteiger partial charge in [0.2, 0.25) is 0 Å². The van der Waals surface area contributed by atoms with Crippen molar-refractivity contribution in [3.63, 3.8) is 0 Å². The summed E-state index contributed by atoms with van der Waals surface area (Å²) in [7, 11) is 0. The smallest absolute Gasteiger partial charge is 0.333 e. The van der Waals surface area contributed by atoms with Crippen LogP contribution in [0.2, 0.25) is 0 Å². The van der Waals surface area contributed by atoms with Gasteiger partial charge >= 0.3 is 5.97 Å². The van der Waals surface area contributed by atoms with Gasteiger partial charge in [-0.15, -0.1) is 0 Å². The molecule has 0 aliphatic heterocycles. The molecule has 0 fully saturated rings. The third-order valence-corrected chi connectivity index (χ3v) is 7.23. The molecule has 0 amide bonds. The third kappa shape index (κ3) is 24.3. The summed E-state index contributed by atoms with van der Waals surface area (Å²) in [5, 5.41) is 0. The van der Waals surface area contributed by atoms with Gasteiger partial charge in [0.25, 0.3) is 0 Å². The minimum atomic E-state index is -0.220. The van der Waals surface area contributed by atoms with Crippen LogP contribution in [0.5, 0.6) is 0 Å². The van der Waals surface area contributed by atoms with Crippen LogP contribution in [0.3, 0.4) is 0 Å². The van der Waals surface area contributed by atoms with Gasteiger partial charge in [-0.3, -0.25) is 0 Å². The lowest BCUT2D eigenvalue weighted by Crippen LogP contribution is -2.15. The van der Waals surface area contributed by atoms with E-state index in [1.54, 1.807) is 6.92 Å². The van der Waals surface area contributed by atoms with Crippen molar-refractivity contribution in [3.8, 4) is 0 Å². The Morgan fingerprint density at radius 3 is 1.15 bits per heavy atom. The highest BCUT2D eigenvalue weighted by atomic mass is 16.5. The Hall–Kier alpha value is -0.790. The number of unbranched alkanes of at least 4 members (excludes halogenated alkanes) is 20. The maximum atomic E-state index is 11.8. The predicted octanol–water partition coefficient (Wildman–Crippen LogP) is 11.1. The molecule has 0 aromatic rings. The molecule has 0 aliphatic rings. The molecule has 0 aromatic heterocycles. The number of carbonyl (C=O) groups excluding carboxylic acids is 1. The first-order chi connectivity index (χ1) is 16.6. The van der Waals surface area contributed by atoms with Crippen LogP contribution in [-0.4, -0.2) is 12.6 Å². The van der Waals surface area contributed by atoms with Crippen molar-refractivity contribution in [2.45, 2.75) is 175 Å². The molecular weight excluding hydrogens is 416 g/mol. The summed E-state index contributed by atoms with van der Waals surface area (Å²) < 4.78 is 5.52. The van der Waals surface area contributed by atoms with Gasteiger partial charge in [0.05, 0.1) is 6.61 Å². The molecule has 2 nitrogen and oxygen atoms in total. The van der Waals surface area contributed by atoms with Gasteiger partial charge in [0.15, 0.2) is 0 Å². The van der Waals surface area contributed by atoms with Crippen LogP contribution in [0.15, 0.2) is 12.2 Å². The topological polar surface area (TPSA) is 26.3 Å². The molecule has 0 saturated heterocycles. The number of carbonyl (C=O) groups is 1. The largest absolute Gasteiger partial charge is 0.462 e. The van der Waals surface area contributed by atoms with E-state index in [-0.39, 0.29) is 5.97 Å². The number of hydrogen-bond acceptors (Lipinski definition) is 2. The van der Waals surface area contributed by atoms with Crippen LogP contribution in [-0.2, 0) is 9.53 Å². The lowest BCUT2D eigenvalue weighted by atomic mass is 9.94. The molecular formula is C32H62O2. The van der Waals surface area contributed by atoms with Gasteiger partial charge in [-0.1, -0.05) is 162 Å². The molecule has 1 unspecified atom stereocenters. The fourth-order valence-electron chi connectivity index (χ4n) is 4.82. The Morgan fingerprint density at radius 1 is 0.559 bits per heavy atom. The van der Waals surface area contributed by atoms with Gasteiger partial charge in [-0.05, 0) is 25.7 Å². The summed E-state index contributed by atoms with van der Waals surface area (Å²) in [5.74, 6) is 0.308.